The monoisotopic (exact) mass is 306 g/mol. The summed E-state index contributed by atoms with van der Waals surface area (Å²) in [5.41, 5.74) is 1.42. The first kappa shape index (κ1) is 12.6. The summed E-state index contributed by atoms with van der Waals surface area (Å²) < 4.78 is 6.15. The number of benzene rings is 1. The van der Waals surface area contributed by atoms with Crippen molar-refractivity contribution in [1.82, 2.24) is 0 Å². The Hall–Kier alpha value is -1.85. The average molecular weight is 307 g/mol. The van der Waals surface area contributed by atoms with Crippen molar-refractivity contribution in [2.24, 2.45) is 10.9 Å². The van der Waals surface area contributed by atoms with Gasteiger partial charge in [0.25, 0.3) is 5.90 Å². The number of rotatable bonds is 3. The molecule has 0 saturated carbocycles. The van der Waals surface area contributed by atoms with E-state index in [-0.39, 0.29) is 5.90 Å². The third-order valence-corrected chi connectivity index (χ3v) is 2.79. The van der Waals surface area contributed by atoms with E-state index in [4.69, 9.17) is 15.2 Å². The van der Waals surface area contributed by atoms with Crippen molar-refractivity contribution in [1.29, 1.82) is 0 Å². The van der Waals surface area contributed by atoms with Gasteiger partial charge in [-0.2, -0.15) is 5.90 Å². The van der Waals surface area contributed by atoms with Crippen LogP contribution >= 0.6 is 15.9 Å². The minimum atomic E-state index is 0.188. The molecule has 0 unspecified atom stereocenters. The number of aliphatic imine (C=N–C) groups is 1. The van der Waals surface area contributed by atoms with Gasteiger partial charge in [-0.05, 0) is 29.8 Å². The molecule has 2 aromatic rings. The maximum Gasteiger partial charge on any atom is 0.280 e. The number of hydrogen-bond donors (Lipinski definition) is 1. The highest BCUT2D eigenvalue weighted by molar-refractivity contribution is 9.10. The Morgan fingerprint density at radius 1 is 1.28 bits per heavy atom. The molecule has 5 heteroatoms. The van der Waals surface area contributed by atoms with Crippen molar-refractivity contribution in [3.8, 4) is 0 Å². The molecule has 2 N–H and O–H groups in total. The predicted molar refractivity (Wildman–Crippen MR) is 73.7 cm³/mol. The minimum Gasteiger partial charge on any atom is -0.459 e. The molecule has 0 atom stereocenters. The molecule has 92 valence electrons. The van der Waals surface area contributed by atoms with Gasteiger partial charge in [0.15, 0.2) is 5.76 Å². The van der Waals surface area contributed by atoms with Crippen molar-refractivity contribution in [3.05, 3.63) is 65.0 Å². The Bertz CT molecular complexity index is 559. The molecule has 4 nitrogen and oxygen atoms in total. The summed E-state index contributed by atoms with van der Waals surface area (Å²) >= 11 is 3.37. The molecule has 18 heavy (non-hydrogen) atoms. The van der Waals surface area contributed by atoms with Crippen LogP contribution in [0.25, 0.3) is 5.70 Å². The Morgan fingerprint density at radius 2 is 2.00 bits per heavy atom. The number of nitrogens with two attached hydrogens (primary N) is 1. The summed E-state index contributed by atoms with van der Waals surface area (Å²) in [5, 5.41) is 0. The average Bonchev–Trinajstić information content (AvgIpc) is 2.90. The highest BCUT2D eigenvalue weighted by Gasteiger charge is 2.08. The molecule has 0 radical (unpaired) electrons. The molecule has 0 saturated heterocycles. The molecule has 0 fully saturated rings. The van der Waals surface area contributed by atoms with E-state index in [1.807, 2.05) is 24.3 Å². The zero-order valence-corrected chi connectivity index (χ0v) is 11.1. The fourth-order valence-electron chi connectivity index (χ4n) is 1.37. The number of halogens is 1. The van der Waals surface area contributed by atoms with Crippen LogP contribution in [0.5, 0.6) is 0 Å². The van der Waals surface area contributed by atoms with Crippen LogP contribution in [0.2, 0.25) is 0 Å². The van der Waals surface area contributed by atoms with Gasteiger partial charge < -0.3 is 9.25 Å². The van der Waals surface area contributed by atoms with E-state index >= 15 is 0 Å². The van der Waals surface area contributed by atoms with Crippen LogP contribution in [-0.2, 0) is 4.84 Å². The molecule has 0 amide bonds. The number of furan rings is 1. The third-order valence-electron chi connectivity index (χ3n) is 2.26. The quantitative estimate of drug-likeness (QED) is 0.537. The maximum absolute atomic E-state index is 5.18. The lowest BCUT2D eigenvalue weighted by Crippen LogP contribution is -2.11. The first-order valence-corrected chi connectivity index (χ1v) is 5.94. The summed E-state index contributed by atoms with van der Waals surface area (Å²) in [5.74, 6) is 5.82. The van der Waals surface area contributed by atoms with Crippen molar-refractivity contribution in [3.63, 3.8) is 0 Å². The number of hydrogen-bond acceptors (Lipinski definition) is 4. The van der Waals surface area contributed by atoms with Gasteiger partial charge in [-0.1, -0.05) is 34.6 Å². The second-order valence-electron chi connectivity index (χ2n) is 3.47. The molecular weight excluding hydrogens is 296 g/mol. The van der Waals surface area contributed by atoms with Crippen LogP contribution < -0.4 is 5.90 Å². The van der Waals surface area contributed by atoms with Gasteiger partial charge in [0, 0.05) is 4.47 Å². The van der Waals surface area contributed by atoms with Gasteiger partial charge in [-0.25, -0.2) is 4.99 Å². The van der Waals surface area contributed by atoms with E-state index in [1.165, 1.54) is 6.26 Å². The summed E-state index contributed by atoms with van der Waals surface area (Å²) in [4.78, 5) is 8.90. The topological polar surface area (TPSA) is 60.8 Å². The first-order valence-electron chi connectivity index (χ1n) is 5.15. The zero-order chi connectivity index (χ0) is 13.0. The lowest BCUT2D eigenvalue weighted by Gasteiger charge is -2.03. The highest BCUT2D eigenvalue weighted by Crippen LogP contribution is 2.18. The summed E-state index contributed by atoms with van der Waals surface area (Å²) in [6.45, 7) is 3.87. The lowest BCUT2D eigenvalue weighted by molar-refractivity contribution is 0.313. The fourth-order valence-corrected chi connectivity index (χ4v) is 1.63. The Kier molecular flexibility index (Phi) is 3.96. The molecule has 1 heterocycles. The predicted octanol–water partition coefficient (Wildman–Crippen LogP) is 3.35. The minimum absolute atomic E-state index is 0.188. The van der Waals surface area contributed by atoms with Crippen LogP contribution in [0, 0.1) is 0 Å². The molecule has 0 aliphatic carbocycles. The molecule has 1 aromatic heterocycles. The highest BCUT2D eigenvalue weighted by atomic mass is 79.9. The lowest BCUT2D eigenvalue weighted by atomic mass is 10.2. The smallest absolute Gasteiger partial charge is 0.280 e. The van der Waals surface area contributed by atoms with E-state index in [2.05, 4.69) is 27.5 Å². The van der Waals surface area contributed by atoms with E-state index < -0.39 is 0 Å². The largest absolute Gasteiger partial charge is 0.459 e. The zero-order valence-electron chi connectivity index (χ0n) is 9.47. The van der Waals surface area contributed by atoms with Gasteiger partial charge >= 0.3 is 0 Å². The summed E-state index contributed by atoms with van der Waals surface area (Å²) in [7, 11) is 0. The molecule has 0 bridgehead atoms. The second kappa shape index (κ2) is 5.66. The van der Waals surface area contributed by atoms with E-state index in [9.17, 15) is 0 Å². The summed E-state index contributed by atoms with van der Waals surface area (Å²) in [6, 6.07) is 11.0. The van der Waals surface area contributed by atoms with Crippen molar-refractivity contribution >= 4 is 27.5 Å². The third kappa shape index (κ3) is 2.88. The SMILES string of the molecule is C=C(N=C(ON)c1ccco1)c1ccc(Br)cc1. The van der Waals surface area contributed by atoms with Gasteiger partial charge in [-0.3, -0.25) is 0 Å². The van der Waals surface area contributed by atoms with Crippen LogP contribution in [0.4, 0.5) is 0 Å². The standard InChI is InChI=1S/C13H11BrN2O2/c1-9(10-4-6-11(14)7-5-10)16-13(18-15)12-3-2-8-17-12/h2-8H,1,15H2. The van der Waals surface area contributed by atoms with Crippen LogP contribution in [0.15, 0.2) is 63.1 Å². The first-order chi connectivity index (χ1) is 8.70. The van der Waals surface area contributed by atoms with Gasteiger partial charge in [0.2, 0.25) is 0 Å². The van der Waals surface area contributed by atoms with Crippen LogP contribution in [0.3, 0.4) is 0 Å². The molecule has 1 aromatic carbocycles. The van der Waals surface area contributed by atoms with E-state index in [1.54, 1.807) is 12.1 Å². The van der Waals surface area contributed by atoms with Gasteiger partial charge in [0.1, 0.15) is 0 Å². The fraction of sp³-hybridized carbons (Fsp3) is 0. The van der Waals surface area contributed by atoms with Gasteiger partial charge in [-0.15, -0.1) is 0 Å². The Balaban J connectivity index is 2.26. The maximum atomic E-state index is 5.18. The molecular formula is C13H11BrN2O2. The Labute approximate surface area is 113 Å². The van der Waals surface area contributed by atoms with Crippen molar-refractivity contribution < 1.29 is 9.25 Å². The normalized spacial score (nSPS) is 11.3. The molecule has 0 aliphatic heterocycles. The Morgan fingerprint density at radius 3 is 2.56 bits per heavy atom. The van der Waals surface area contributed by atoms with Crippen molar-refractivity contribution in [2.75, 3.05) is 0 Å². The van der Waals surface area contributed by atoms with Gasteiger partial charge in [0.05, 0.1) is 12.0 Å². The molecule has 0 aliphatic rings. The van der Waals surface area contributed by atoms with E-state index in [0.717, 1.165) is 10.0 Å². The number of nitrogens with zero attached hydrogens (tertiary/aromatic N) is 1. The van der Waals surface area contributed by atoms with Crippen LogP contribution in [-0.4, -0.2) is 5.90 Å². The molecule has 2 rings (SSSR count). The van der Waals surface area contributed by atoms with Crippen molar-refractivity contribution in [2.45, 2.75) is 0 Å². The van der Waals surface area contributed by atoms with E-state index in [0.29, 0.717) is 11.5 Å². The summed E-state index contributed by atoms with van der Waals surface area (Å²) in [6.07, 6.45) is 1.52. The second-order valence-corrected chi connectivity index (χ2v) is 4.38. The molecule has 0 spiro atoms. The van der Waals surface area contributed by atoms with Crippen LogP contribution in [0.1, 0.15) is 11.3 Å².